The van der Waals surface area contributed by atoms with Crippen LogP contribution in [-0.4, -0.2) is 48.3 Å². The van der Waals surface area contributed by atoms with Crippen LogP contribution >= 0.6 is 11.6 Å². The Morgan fingerprint density at radius 3 is 2.24 bits per heavy atom. The van der Waals surface area contributed by atoms with Crippen molar-refractivity contribution in [3.8, 4) is 0 Å². The highest BCUT2D eigenvalue weighted by molar-refractivity contribution is 6.34. The first kappa shape index (κ1) is 26.3. The molecule has 2 atom stereocenters. The second-order valence-electron chi connectivity index (χ2n) is 8.44. The molecule has 0 aliphatic rings. The number of rotatable bonds is 10. The molecule has 178 valence electrons. The fourth-order valence-corrected chi connectivity index (χ4v) is 3.70. The van der Waals surface area contributed by atoms with Crippen LogP contribution < -0.4 is 10.6 Å². The quantitative estimate of drug-likeness (QED) is 0.400. The van der Waals surface area contributed by atoms with Crippen LogP contribution in [0.15, 0.2) is 42.5 Å². The minimum Gasteiger partial charge on any atom is -0.352 e. The summed E-state index contributed by atoms with van der Waals surface area (Å²) < 4.78 is 0. The first-order chi connectivity index (χ1) is 15.5. The lowest BCUT2D eigenvalue weighted by Gasteiger charge is -2.27. The molecule has 2 unspecified atom stereocenters. The molecule has 8 nitrogen and oxygen atoms in total. The highest BCUT2D eigenvalue weighted by Gasteiger charge is 2.27. The third-order valence-electron chi connectivity index (χ3n) is 5.51. The number of nitrogens with zero attached hydrogens (tertiary/aromatic N) is 2. The van der Waals surface area contributed by atoms with Crippen molar-refractivity contribution >= 4 is 29.1 Å². The summed E-state index contributed by atoms with van der Waals surface area (Å²) in [5, 5.41) is 16.5. The number of carbonyl (C=O) groups is 2. The molecule has 9 heteroatoms. The van der Waals surface area contributed by atoms with E-state index in [-0.39, 0.29) is 34.1 Å². The Labute approximate surface area is 199 Å². The Balaban J connectivity index is 2.10. The highest BCUT2D eigenvalue weighted by atomic mass is 35.5. The predicted octanol–water partition coefficient (Wildman–Crippen LogP) is 3.98. The number of nitrogens with one attached hydrogen (secondary N) is 2. The smallest absolute Gasteiger partial charge is 0.270 e. The van der Waals surface area contributed by atoms with Gasteiger partial charge in [0.2, 0.25) is 5.91 Å². The molecule has 0 aliphatic carbocycles. The van der Waals surface area contributed by atoms with E-state index in [9.17, 15) is 19.7 Å². The topological polar surface area (TPSA) is 105 Å². The van der Waals surface area contributed by atoms with Crippen molar-refractivity contribution in [1.82, 2.24) is 15.5 Å². The van der Waals surface area contributed by atoms with Gasteiger partial charge in [-0.2, -0.15) is 0 Å². The van der Waals surface area contributed by atoms with Gasteiger partial charge in [-0.05, 0) is 43.6 Å². The SMILES string of the molecule is CCc1ccc(C(CNC(=O)C(NC(=O)c2ccc([N+](=O)[O-])cc2Cl)C(C)C)N(C)C)cc1. The van der Waals surface area contributed by atoms with Crippen molar-refractivity contribution in [2.45, 2.75) is 39.3 Å². The zero-order chi connectivity index (χ0) is 24.7. The molecule has 2 aromatic carbocycles. The van der Waals surface area contributed by atoms with Crippen LogP contribution in [-0.2, 0) is 11.2 Å². The zero-order valence-electron chi connectivity index (χ0n) is 19.6. The third kappa shape index (κ3) is 7.00. The van der Waals surface area contributed by atoms with Crippen molar-refractivity contribution in [2.75, 3.05) is 20.6 Å². The van der Waals surface area contributed by atoms with E-state index in [1.165, 1.54) is 17.7 Å². The summed E-state index contributed by atoms with van der Waals surface area (Å²) in [5.41, 5.74) is 2.19. The molecule has 2 rings (SSSR count). The highest BCUT2D eigenvalue weighted by Crippen LogP contribution is 2.23. The second-order valence-corrected chi connectivity index (χ2v) is 8.84. The summed E-state index contributed by atoms with van der Waals surface area (Å²) in [7, 11) is 3.89. The van der Waals surface area contributed by atoms with Gasteiger partial charge in [-0.15, -0.1) is 0 Å². The zero-order valence-corrected chi connectivity index (χ0v) is 20.3. The van der Waals surface area contributed by atoms with E-state index < -0.39 is 16.9 Å². The number of halogens is 1. The summed E-state index contributed by atoms with van der Waals surface area (Å²) in [6, 6.07) is 11.1. The molecule has 0 heterocycles. The fourth-order valence-electron chi connectivity index (χ4n) is 3.44. The van der Waals surface area contributed by atoms with E-state index in [2.05, 4.69) is 41.8 Å². The number of nitro benzene ring substituents is 1. The maximum Gasteiger partial charge on any atom is 0.270 e. The van der Waals surface area contributed by atoms with Crippen LogP contribution in [0.2, 0.25) is 5.02 Å². The Bertz CT molecular complexity index is 992. The molecule has 2 N–H and O–H groups in total. The van der Waals surface area contributed by atoms with E-state index >= 15 is 0 Å². The van der Waals surface area contributed by atoms with Crippen molar-refractivity contribution in [2.24, 2.45) is 5.92 Å². The lowest BCUT2D eigenvalue weighted by molar-refractivity contribution is -0.384. The molecule has 2 amide bonds. The summed E-state index contributed by atoms with van der Waals surface area (Å²) in [6.45, 7) is 6.13. The molecule has 0 saturated carbocycles. The lowest BCUT2D eigenvalue weighted by Crippen LogP contribution is -2.51. The fraction of sp³-hybridized carbons (Fsp3) is 0.417. The van der Waals surface area contributed by atoms with Crippen molar-refractivity contribution in [3.63, 3.8) is 0 Å². The number of hydrogen-bond donors (Lipinski definition) is 2. The summed E-state index contributed by atoms with van der Waals surface area (Å²) in [6.07, 6.45) is 0.957. The summed E-state index contributed by atoms with van der Waals surface area (Å²) in [4.78, 5) is 38.0. The van der Waals surface area contributed by atoms with Gasteiger partial charge in [0, 0.05) is 18.7 Å². The Morgan fingerprint density at radius 1 is 1.12 bits per heavy atom. The maximum atomic E-state index is 13.0. The van der Waals surface area contributed by atoms with E-state index in [1.807, 2.05) is 32.8 Å². The average Bonchev–Trinajstić information content (AvgIpc) is 2.77. The molecule has 0 aromatic heterocycles. The molecule has 0 saturated heterocycles. The van der Waals surface area contributed by atoms with Gasteiger partial charge in [-0.3, -0.25) is 19.7 Å². The van der Waals surface area contributed by atoms with Crippen LogP contribution in [0.1, 0.15) is 48.3 Å². The monoisotopic (exact) mass is 474 g/mol. The number of nitro groups is 1. The number of aryl methyl sites for hydroxylation is 1. The molecule has 2 aromatic rings. The molecule has 0 radical (unpaired) electrons. The van der Waals surface area contributed by atoms with Gasteiger partial charge >= 0.3 is 0 Å². The molecular formula is C24H31ClN4O4. The first-order valence-corrected chi connectivity index (χ1v) is 11.2. The minimum atomic E-state index is -0.797. The van der Waals surface area contributed by atoms with Gasteiger partial charge in [0.05, 0.1) is 21.6 Å². The van der Waals surface area contributed by atoms with E-state index in [1.54, 1.807) is 0 Å². The maximum absolute atomic E-state index is 13.0. The number of non-ortho nitro benzene ring substituents is 1. The third-order valence-corrected chi connectivity index (χ3v) is 5.82. The Kier molecular flexibility index (Phi) is 9.37. The average molecular weight is 475 g/mol. The van der Waals surface area contributed by atoms with Gasteiger partial charge < -0.3 is 15.5 Å². The summed E-state index contributed by atoms with van der Waals surface area (Å²) >= 11 is 6.07. The number of hydrogen-bond acceptors (Lipinski definition) is 5. The van der Waals surface area contributed by atoms with Crippen molar-refractivity contribution in [1.29, 1.82) is 0 Å². The van der Waals surface area contributed by atoms with Gasteiger partial charge in [0.15, 0.2) is 0 Å². The van der Waals surface area contributed by atoms with Crippen LogP contribution in [0.5, 0.6) is 0 Å². The molecule has 0 fully saturated rings. The minimum absolute atomic E-state index is 0.0347. The number of likely N-dealkylation sites (N-methyl/N-ethyl adjacent to an activating group) is 1. The van der Waals surface area contributed by atoms with Gasteiger partial charge in [0.25, 0.3) is 11.6 Å². The molecule has 33 heavy (non-hydrogen) atoms. The molecular weight excluding hydrogens is 444 g/mol. The van der Waals surface area contributed by atoms with Gasteiger partial charge in [-0.25, -0.2) is 0 Å². The molecule has 0 spiro atoms. The number of carbonyl (C=O) groups excluding carboxylic acids is 2. The lowest BCUT2D eigenvalue weighted by atomic mass is 10.0. The van der Waals surface area contributed by atoms with Crippen molar-refractivity contribution in [3.05, 3.63) is 74.3 Å². The molecule has 0 bridgehead atoms. The standard InChI is InChI=1S/C24H31ClN4O4/c1-6-16-7-9-17(10-8-16)21(28(4)5)14-26-24(31)22(15(2)3)27-23(30)19-12-11-18(29(32)33)13-20(19)25/h7-13,15,21-22H,6,14H2,1-5H3,(H,26,31)(H,27,30). The van der Waals surface area contributed by atoms with Crippen LogP contribution in [0, 0.1) is 16.0 Å². The Hall–Kier alpha value is -2.97. The van der Waals surface area contributed by atoms with Crippen molar-refractivity contribution < 1.29 is 14.5 Å². The number of amides is 2. The summed E-state index contributed by atoms with van der Waals surface area (Å²) in [5.74, 6) is -1.07. The van der Waals surface area contributed by atoms with Crippen LogP contribution in [0.25, 0.3) is 0 Å². The van der Waals surface area contributed by atoms with Crippen LogP contribution in [0.3, 0.4) is 0 Å². The Morgan fingerprint density at radius 2 is 1.76 bits per heavy atom. The first-order valence-electron chi connectivity index (χ1n) is 10.8. The predicted molar refractivity (Wildman–Crippen MR) is 129 cm³/mol. The van der Waals surface area contributed by atoms with E-state index in [0.29, 0.717) is 6.54 Å². The normalized spacial score (nSPS) is 13.0. The second kappa shape index (κ2) is 11.8. The van der Waals surface area contributed by atoms with Gasteiger partial charge in [-0.1, -0.05) is 56.6 Å². The van der Waals surface area contributed by atoms with E-state index in [4.69, 9.17) is 11.6 Å². The molecule has 0 aliphatic heterocycles. The van der Waals surface area contributed by atoms with E-state index in [0.717, 1.165) is 18.1 Å². The largest absolute Gasteiger partial charge is 0.352 e. The number of benzene rings is 2. The van der Waals surface area contributed by atoms with Gasteiger partial charge in [0.1, 0.15) is 6.04 Å². The van der Waals surface area contributed by atoms with Crippen LogP contribution in [0.4, 0.5) is 5.69 Å².